The zero-order chi connectivity index (χ0) is 11.4. The van der Waals surface area contributed by atoms with Gasteiger partial charge >= 0.3 is 5.97 Å². The van der Waals surface area contributed by atoms with Gasteiger partial charge in [-0.25, -0.2) is 4.79 Å². The van der Waals surface area contributed by atoms with E-state index in [2.05, 4.69) is 0 Å². The highest BCUT2D eigenvalue weighted by Crippen LogP contribution is 2.13. The molecule has 0 aliphatic rings. The van der Waals surface area contributed by atoms with Gasteiger partial charge in [-0.05, 0) is 38.1 Å². The molecule has 0 bridgehead atoms. The molecule has 0 spiro atoms. The molecule has 15 heavy (non-hydrogen) atoms. The number of phenolic OH excluding ortho intramolecular Hbond substituents is 1. The lowest BCUT2D eigenvalue weighted by atomic mass is 10.2. The number of phenols is 1. The maximum absolute atomic E-state index is 11.5. The van der Waals surface area contributed by atoms with Crippen LogP contribution in [-0.4, -0.2) is 22.6 Å². The summed E-state index contributed by atoms with van der Waals surface area (Å²) in [5.74, 6) is -0.319. The van der Waals surface area contributed by atoms with E-state index >= 15 is 0 Å². The topological polar surface area (TPSA) is 46.5 Å². The highest BCUT2D eigenvalue weighted by atomic mass is 35.5. The van der Waals surface area contributed by atoms with Crippen molar-refractivity contribution in [1.29, 1.82) is 0 Å². The molecule has 2 atom stereocenters. The third-order valence-corrected chi connectivity index (χ3v) is 2.40. The minimum absolute atomic E-state index is 0.116. The molecule has 0 heterocycles. The Labute approximate surface area is 93.6 Å². The van der Waals surface area contributed by atoms with Crippen LogP contribution in [0.1, 0.15) is 24.2 Å². The smallest absolute Gasteiger partial charge is 0.338 e. The lowest BCUT2D eigenvalue weighted by molar-refractivity contribution is 0.0341. The van der Waals surface area contributed by atoms with Crippen LogP contribution < -0.4 is 0 Å². The van der Waals surface area contributed by atoms with Crippen molar-refractivity contribution in [2.45, 2.75) is 25.3 Å². The van der Waals surface area contributed by atoms with Crippen molar-refractivity contribution in [3.63, 3.8) is 0 Å². The molecule has 1 aromatic rings. The van der Waals surface area contributed by atoms with Crippen LogP contribution in [0.5, 0.6) is 5.75 Å². The third kappa shape index (κ3) is 3.44. The van der Waals surface area contributed by atoms with Gasteiger partial charge in [0, 0.05) is 0 Å². The summed E-state index contributed by atoms with van der Waals surface area (Å²) in [5.41, 5.74) is 0.400. The Morgan fingerprint density at radius 2 is 1.87 bits per heavy atom. The van der Waals surface area contributed by atoms with Gasteiger partial charge in [0.25, 0.3) is 0 Å². The Morgan fingerprint density at radius 3 is 2.33 bits per heavy atom. The lowest BCUT2D eigenvalue weighted by Gasteiger charge is -2.14. The van der Waals surface area contributed by atoms with Crippen LogP contribution in [0.3, 0.4) is 0 Å². The van der Waals surface area contributed by atoms with Gasteiger partial charge < -0.3 is 9.84 Å². The van der Waals surface area contributed by atoms with Crippen LogP contribution >= 0.6 is 11.6 Å². The molecule has 2 unspecified atom stereocenters. The fourth-order valence-electron chi connectivity index (χ4n) is 0.928. The maximum atomic E-state index is 11.5. The van der Waals surface area contributed by atoms with Crippen LogP contribution in [0.2, 0.25) is 0 Å². The molecule has 1 N–H and O–H groups in total. The first-order valence-electron chi connectivity index (χ1n) is 4.65. The van der Waals surface area contributed by atoms with E-state index < -0.39 is 5.97 Å². The van der Waals surface area contributed by atoms with Crippen molar-refractivity contribution < 1.29 is 14.6 Å². The molecule has 1 rings (SSSR count). The summed E-state index contributed by atoms with van der Waals surface area (Å²) in [6.45, 7) is 3.49. The van der Waals surface area contributed by atoms with E-state index in [4.69, 9.17) is 21.4 Å². The number of hydrogen-bond donors (Lipinski definition) is 1. The van der Waals surface area contributed by atoms with Gasteiger partial charge in [0.05, 0.1) is 10.9 Å². The number of esters is 1. The van der Waals surface area contributed by atoms with Crippen molar-refractivity contribution in [2.75, 3.05) is 0 Å². The minimum atomic E-state index is -0.435. The SMILES string of the molecule is CC(Cl)C(C)OC(=O)c1ccc(O)cc1. The van der Waals surface area contributed by atoms with Gasteiger partial charge in [0.15, 0.2) is 0 Å². The predicted molar refractivity (Wildman–Crippen MR) is 58.3 cm³/mol. The van der Waals surface area contributed by atoms with Crippen LogP contribution in [0.4, 0.5) is 0 Å². The summed E-state index contributed by atoms with van der Waals surface area (Å²) < 4.78 is 5.09. The standard InChI is InChI=1S/C11H13ClO3/c1-7(12)8(2)15-11(14)9-3-5-10(13)6-4-9/h3-8,13H,1-2H3. The largest absolute Gasteiger partial charge is 0.508 e. The van der Waals surface area contributed by atoms with E-state index in [-0.39, 0.29) is 17.2 Å². The molecule has 0 amide bonds. The Balaban J connectivity index is 2.65. The van der Waals surface area contributed by atoms with Crippen LogP contribution in [0, 0.1) is 0 Å². The first-order valence-corrected chi connectivity index (χ1v) is 5.08. The zero-order valence-corrected chi connectivity index (χ0v) is 9.36. The molecule has 82 valence electrons. The fraction of sp³-hybridized carbons (Fsp3) is 0.364. The number of aromatic hydroxyl groups is 1. The highest BCUT2D eigenvalue weighted by molar-refractivity contribution is 6.20. The van der Waals surface area contributed by atoms with Crippen molar-refractivity contribution in [3.8, 4) is 5.75 Å². The maximum Gasteiger partial charge on any atom is 0.338 e. The van der Waals surface area contributed by atoms with Gasteiger partial charge in [0.1, 0.15) is 11.9 Å². The summed E-state index contributed by atoms with van der Waals surface area (Å²) in [6.07, 6.45) is -0.340. The second-order valence-electron chi connectivity index (χ2n) is 3.33. The molecule has 0 aliphatic heterocycles. The molecule has 0 aromatic heterocycles. The van der Waals surface area contributed by atoms with E-state index in [1.165, 1.54) is 24.3 Å². The molecule has 4 heteroatoms. The first kappa shape index (κ1) is 11.9. The molecular weight excluding hydrogens is 216 g/mol. The Hall–Kier alpha value is -1.22. The third-order valence-electron chi connectivity index (χ3n) is 2.04. The van der Waals surface area contributed by atoms with Crippen LogP contribution in [-0.2, 0) is 4.74 Å². The average Bonchev–Trinajstić information content (AvgIpc) is 2.18. The lowest BCUT2D eigenvalue weighted by Crippen LogP contribution is -2.22. The summed E-state index contributed by atoms with van der Waals surface area (Å²) in [4.78, 5) is 11.5. The van der Waals surface area contributed by atoms with E-state index in [1.807, 2.05) is 0 Å². The average molecular weight is 229 g/mol. The van der Waals surface area contributed by atoms with Crippen molar-refractivity contribution in [1.82, 2.24) is 0 Å². The van der Waals surface area contributed by atoms with Gasteiger partial charge in [-0.3, -0.25) is 0 Å². The van der Waals surface area contributed by atoms with Crippen LogP contribution in [0.25, 0.3) is 0 Å². The molecule has 0 saturated carbocycles. The fourth-order valence-corrected chi connectivity index (χ4v) is 0.980. The molecule has 1 aromatic carbocycles. The number of carbonyl (C=O) groups excluding carboxylic acids is 1. The Kier molecular flexibility index (Phi) is 3.97. The summed E-state index contributed by atoms with van der Waals surface area (Å²) in [7, 11) is 0. The number of benzene rings is 1. The monoisotopic (exact) mass is 228 g/mol. The highest BCUT2D eigenvalue weighted by Gasteiger charge is 2.15. The number of carbonyl (C=O) groups is 1. The van der Waals surface area contributed by atoms with Gasteiger partial charge in [0.2, 0.25) is 0 Å². The summed E-state index contributed by atoms with van der Waals surface area (Å²) in [5, 5.41) is 8.80. The summed E-state index contributed by atoms with van der Waals surface area (Å²) in [6, 6.07) is 5.88. The minimum Gasteiger partial charge on any atom is -0.508 e. The predicted octanol–water partition coefficient (Wildman–Crippen LogP) is 2.56. The van der Waals surface area contributed by atoms with Gasteiger partial charge in [-0.1, -0.05) is 0 Å². The van der Waals surface area contributed by atoms with Gasteiger partial charge in [-0.15, -0.1) is 11.6 Å². The van der Waals surface area contributed by atoms with E-state index in [0.717, 1.165) is 0 Å². The van der Waals surface area contributed by atoms with Crippen LogP contribution in [0.15, 0.2) is 24.3 Å². The number of rotatable bonds is 3. The Bertz CT molecular complexity index is 332. The summed E-state index contributed by atoms with van der Waals surface area (Å²) >= 11 is 5.77. The normalized spacial score (nSPS) is 14.3. The molecule has 0 fully saturated rings. The number of halogens is 1. The zero-order valence-electron chi connectivity index (χ0n) is 8.61. The first-order chi connectivity index (χ1) is 7.00. The Morgan fingerprint density at radius 1 is 1.33 bits per heavy atom. The van der Waals surface area contributed by atoms with Crippen molar-refractivity contribution in [2.24, 2.45) is 0 Å². The van der Waals surface area contributed by atoms with Crippen molar-refractivity contribution >= 4 is 17.6 Å². The second kappa shape index (κ2) is 5.03. The number of ether oxygens (including phenoxy) is 1. The second-order valence-corrected chi connectivity index (χ2v) is 4.02. The quantitative estimate of drug-likeness (QED) is 0.639. The molecule has 0 aliphatic carbocycles. The van der Waals surface area contributed by atoms with E-state index in [1.54, 1.807) is 13.8 Å². The molecule has 3 nitrogen and oxygen atoms in total. The number of hydrogen-bond acceptors (Lipinski definition) is 3. The molecule has 0 radical (unpaired) electrons. The van der Waals surface area contributed by atoms with E-state index in [9.17, 15) is 4.79 Å². The number of alkyl halides is 1. The van der Waals surface area contributed by atoms with E-state index in [0.29, 0.717) is 5.56 Å². The molecule has 0 saturated heterocycles. The molecular formula is C11H13ClO3. The van der Waals surface area contributed by atoms with Gasteiger partial charge in [-0.2, -0.15) is 0 Å². The van der Waals surface area contributed by atoms with Crippen molar-refractivity contribution in [3.05, 3.63) is 29.8 Å².